The zero-order chi connectivity index (χ0) is 14.9. The molecule has 4 nitrogen and oxygen atoms in total. The first-order valence-electron chi connectivity index (χ1n) is 7.72. The first-order valence-corrected chi connectivity index (χ1v) is 7.72. The minimum atomic E-state index is -0.655. The van der Waals surface area contributed by atoms with Crippen LogP contribution in [0.15, 0.2) is 0 Å². The Bertz CT molecular complexity index is 382. The fraction of sp³-hybridized carbons (Fsp3) is 0.875. The van der Waals surface area contributed by atoms with Crippen LogP contribution in [0, 0.1) is 23.7 Å². The van der Waals surface area contributed by atoms with Crippen molar-refractivity contribution in [2.45, 2.75) is 64.9 Å². The summed E-state index contributed by atoms with van der Waals surface area (Å²) in [5, 5.41) is 9.12. The number of carbonyl (C=O) groups excluding carboxylic acids is 1. The van der Waals surface area contributed by atoms with E-state index in [1.165, 1.54) is 0 Å². The lowest BCUT2D eigenvalue weighted by atomic mass is 9.65. The van der Waals surface area contributed by atoms with Crippen molar-refractivity contribution in [2.75, 3.05) is 0 Å². The molecular weight excluding hydrogens is 256 g/mol. The Balaban J connectivity index is 1.90. The molecule has 2 saturated carbocycles. The second-order valence-electron chi connectivity index (χ2n) is 7.41. The van der Waals surface area contributed by atoms with Crippen LogP contribution in [0.2, 0.25) is 0 Å². The van der Waals surface area contributed by atoms with E-state index < -0.39 is 11.6 Å². The molecule has 2 aliphatic rings. The highest BCUT2D eigenvalue weighted by Gasteiger charge is 2.40. The number of hydrogen-bond donors (Lipinski definition) is 1. The van der Waals surface area contributed by atoms with Gasteiger partial charge in [-0.2, -0.15) is 0 Å². The molecule has 1 N–H and O–H groups in total. The number of carbonyl (C=O) groups is 2. The number of rotatable bonds is 2. The molecule has 0 saturated heterocycles. The number of hydrogen-bond acceptors (Lipinski definition) is 3. The smallest absolute Gasteiger partial charge is 0.309 e. The molecule has 0 aromatic carbocycles. The van der Waals surface area contributed by atoms with Crippen LogP contribution in [0.3, 0.4) is 0 Å². The van der Waals surface area contributed by atoms with Gasteiger partial charge in [-0.3, -0.25) is 9.59 Å². The third-order valence-electron chi connectivity index (χ3n) is 4.70. The van der Waals surface area contributed by atoms with Crippen molar-refractivity contribution in [1.29, 1.82) is 0 Å². The van der Waals surface area contributed by atoms with Crippen LogP contribution < -0.4 is 0 Å². The van der Waals surface area contributed by atoms with E-state index in [2.05, 4.69) is 0 Å². The van der Waals surface area contributed by atoms with E-state index in [1.54, 1.807) is 0 Å². The summed E-state index contributed by atoms with van der Waals surface area (Å²) in [5.41, 5.74) is -0.422. The quantitative estimate of drug-likeness (QED) is 0.790. The average Bonchev–Trinajstić information content (AvgIpc) is 2.35. The molecule has 2 rings (SSSR count). The summed E-state index contributed by atoms with van der Waals surface area (Å²) in [6.07, 6.45) is 5.20. The molecule has 2 fully saturated rings. The van der Waals surface area contributed by atoms with E-state index in [0.717, 1.165) is 38.5 Å². The van der Waals surface area contributed by atoms with Crippen molar-refractivity contribution >= 4 is 11.9 Å². The Kier molecular flexibility index (Phi) is 4.40. The summed E-state index contributed by atoms with van der Waals surface area (Å²) in [6.45, 7) is 5.69. The van der Waals surface area contributed by atoms with Crippen LogP contribution in [0.25, 0.3) is 0 Å². The van der Waals surface area contributed by atoms with E-state index in [4.69, 9.17) is 9.84 Å². The lowest BCUT2D eigenvalue weighted by Crippen LogP contribution is -2.37. The summed E-state index contributed by atoms with van der Waals surface area (Å²) in [7, 11) is 0. The third-order valence-corrected chi connectivity index (χ3v) is 4.70. The van der Waals surface area contributed by atoms with Gasteiger partial charge in [0.1, 0.15) is 5.60 Å². The third kappa shape index (κ3) is 3.74. The summed E-state index contributed by atoms with van der Waals surface area (Å²) < 4.78 is 5.48. The standard InChI is InChI=1S/C16H26O4/c1-16(2,3)20-15(19)13-7-5-10-8-12(14(17)18)6-4-11(10)9-13/h10-13H,4-9H2,1-3H3,(H,17,18). The maximum absolute atomic E-state index is 12.1. The zero-order valence-electron chi connectivity index (χ0n) is 12.7. The molecule has 0 aromatic rings. The van der Waals surface area contributed by atoms with Crippen LogP contribution in [0.1, 0.15) is 59.3 Å². The van der Waals surface area contributed by atoms with Gasteiger partial charge < -0.3 is 9.84 Å². The molecule has 0 radical (unpaired) electrons. The number of aliphatic carboxylic acids is 1. The Labute approximate surface area is 120 Å². The average molecular weight is 282 g/mol. The van der Waals surface area contributed by atoms with E-state index in [9.17, 15) is 9.59 Å². The first-order chi connectivity index (χ1) is 9.26. The van der Waals surface area contributed by atoms with Gasteiger partial charge in [-0.15, -0.1) is 0 Å². The van der Waals surface area contributed by atoms with Gasteiger partial charge in [0.15, 0.2) is 0 Å². The van der Waals surface area contributed by atoms with Gasteiger partial charge in [0.2, 0.25) is 0 Å². The lowest BCUT2D eigenvalue weighted by molar-refractivity contribution is -0.163. The first kappa shape index (κ1) is 15.3. The number of ether oxygens (including phenoxy) is 1. The monoisotopic (exact) mass is 282 g/mol. The normalized spacial score (nSPS) is 34.1. The van der Waals surface area contributed by atoms with Gasteiger partial charge in [-0.05, 0) is 71.1 Å². The topological polar surface area (TPSA) is 63.6 Å². The van der Waals surface area contributed by atoms with Gasteiger partial charge in [-0.1, -0.05) is 0 Å². The molecule has 0 aliphatic heterocycles. The summed E-state index contributed by atoms with van der Waals surface area (Å²) in [6, 6.07) is 0. The Hall–Kier alpha value is -1.06. The van der Waals surface area contributed by atoms with Crippen molar-refractivity contribution < 1.29 is 19.4 Å². The SMILES string of the molecule is CC(C)(C)OC(=O)C1CCC2CC(C(=O)O)CCC2C1. The molecule has 0 amide bonds. The fourth-order valence-corrected chi connectivity index (χ4v) is 3.71. The predicted octanol–water partition coefficient (Wildman–Crippen LogP) is 3.25. The van der Waals surface area contributed by atoms with Crippen LogP contribution in [-0.2, 0) is 14.3 Å². The molecule has 2 aliphatic carbocycles. The van der Waals surface area contributed by atoms with Crippen molar-refractivity contribution in [3.8, 4) is 0 Å². The molecule has 114 valence electrons. The van der Waals surface area contributed by atoms with Crippen molar-refractivity contribution in [1.82, 2.24) is 0 Å². The molecule has 0 aromatic heterocycles. The Morgan fingerprint density at radius 3 is 1.95 bits per heavy atom. The van der Waals surface area contributed by atoms with E-state index in [0.29, 0.717) is 11.8 Å². The highest BCUT2D eigenvalue weighted by atomic mass is 16.6. The molecule has 0 bridgehead atoms. The predicted molar refractivity (Wildman–Crippen MR) is 75.1 cm³/mol. The number of fused-ring (bicyclic) bond motifs is 1. The van der Waals surface area contributed by atoms with E-state index in [1.807, 2.05) is 20.8 Å². The number of esters is 1. The second-order valence-corrected chi connectivity index (χ2v) is 7.41. The van der Waals surface area contributed by atoms with Crippen molar-refractivity contribution in [3.05, 3.63) is 0 Å². The van der Waals surface area contributed by atoms with Crippen LogP contribution in [0.4, 0.5) is 0 Å². The molecule has 4 unspecified atom stereocenters. The van der Waals surface area contributed by atoms with Gasteiger partial charge in [0.25, 0.3) is 0 Å². The fourth-order valence-electron chi connectivity index (χ4n) is 3.71. The molecule has 0 spiro atoms. The Morgan fingerprint density at radius 2 is 1.45 bits per heavy atom. The van der Waals surface area contributed by atoms with E-state index in [-0.39, 0.29) is 17.8 Å². The van der Waals surface area contributed by atoms with Gasteiger partial charge in [-0.25, -0.2) is 0 Å². The molecule has 20 heavy (non-hydrogen) atoms. The van der Waals surface area contributed by atoms with Gasteiger partial charge >= 0.3 is 11.9 Å². The number of carboxylic acid groups (broad SMARTS) is 1. The summed E-state index contributed by atoms with van der Waals surface area (Å²) in [5.74, 6) is 0.112. The lowest BCUT2D eigenvalue weighted by Gasteiger charge is -2.40. The minimum absolute atomic E-state index is 0.0110. The highest BCUT2D eigenvalue weighted by Crippen LogP contribution is 2.45. The molecule has 0 heterocycles. The second kappa shape index (κ2) is 5.74. The summed E-state index contributed by atoms with van der Waals surface area (Å²) >= 11 is 0. The van der Waals surface area contributed by atoms with Crippen molar-refractivity contribution in [2.24, 2.45) is 23.7 Å². The molecule has 4 heteroatoms. The van der Waals surface area contributed by atoms with Crippen LogP contribution >= 0.6 is 0 Å². The Morgan fingerprint density at radius 1 is 0.950 bits per heavy atom. The van der Waals surface area contributed by atoms with E-state index >= 15 is 0 Å². The zero-order valence-corrected chi connectivity index (χ0v) is 12.7. The van der Waals surface area contributed by atoms with Crippen LogP contribution in [0.5, 0.6) is 0 Å². The highest BCUT2D eigenvalue weighted by molar-refractivity contribution is 5.73. The van der Waals surface area contributed by atoms with Gasteiger partial charge in [0, 0.05) is 0 Å². The van der Waals surface area contributed by atoms with Crippen molar-refractivity contribution in [3.63, 3.8) is 0 Å². The van der Waals surface area contributed by atoms with Crippen LogP contribution in [-0.4, -0.2) is 22.6 Å². The minimum Gasteiger partial charge on any atom is -0.481 e. The largest absolute Gasteiger partial charge is 0.481 e. The number of carboxylic acids is 1. The maximum atomic E-state index is 12.1. The molecule has 4 atom stereocenters. The molecular formula is C16H26O4. The van der Waals surface area contributed by atoms with Gasteiger partial charge in [0.05, 0.1) is 11.8 Å². The maximum Gasteiger partial charge on any atom is 0.309 e. The summed E-state index contributed by atoms with van der Waals surface area (Å²) in [4.78, 5) is 23.2.